The van der Waals surface area contributed by atoms with Gasteiger partial charge in [-0.2, -0.15) is 0 Å². The average molecular weight is 332 g/mol. The Morgan fingerprint density at radius 3 is 2.43 bits per heavy atom. The van der Waals surface area contributed by atoms with E-state index in [1.165, 1.54) is 0 Å². The zero-order valence-corrected chi connectivity index (χ0v) is 14.5. The van der Waals surface area contributed by atoms with Crippen LogP contribution in [0, 0.1) is 6.92 Å². The molecular weight excluding hydrogens is 310 g/mol. The quantitative estimate of drug-likeness (QED) is 0.782. The van der Waals surface area contributed by atoms with Crippen molar-refractivity contribution in [2.75, 3.05) is 7.05 Å². The topological polar surface area (TPSA) is 29.5 Å². The fourth-order valence-electron chi connectivity index (χ4n) is 2.34. The molecule has 0 N–H and O–H groups in total. The highest BCUT2D eigenvalue weighted by atomic mass is 35.5. The standard InChI is InChI=1S/C19H22ClNO2/c1-4-17(23-18-8-6-5-7-14(18)2)19(22)21(3)13-15-9-11-16(20)12-10-15/h5-12,17H,4,13H2,1-3H3/t17-/m1/s1. The van der Waals surface area contributed by atoms with Crippen LogP contribution in [-0.4, -0.2) is 24.0 Å². The minimum absolute atomic E-state index is 0.0225. The fourth-order valence-corrected chi connectivity index (χ4v) is 2.46. The number of rotatable bonds is 6. The Morgan fingerprint density at radius 2 is 1.83 bits per heavy atom. The van der Waals surface area contributed by atoms with Crippen LogP contribution in [-0.2, 0) is 11.3 Å². The number of aryl methyl sites for hydroxylation is 1. The first-order chi connectivity index (χ1) is 11.0. The van der Waals surface area contributed by atoms with Gasteiger partial charge >= 0.3 is 0 Å². The van der Waals surface area contributed by atoms with Crippen molar-refractivity contribution in [1.29, 1.82) is 0 Å². The van der Waals surface area contributed by atoms with Gasteiger partial charge in [0.05, 0.1) is 0 Å². The summed E-state index contributed by atoms with van der Waals surface area (Å²) in [6.07, 6.45) is 0.145. The third-order valence-electron chi connectivity index (χ3n) is 3.72. The molecule has 2 aromatic carbocycles. The average Bonchev–Trinajstić information content (AvgIpc) is 2.55. The monoisotopic (exact) mass is 331 g/mol. The summed E-state index contributed by atoms with van der Waals surface area (Å²) in [5.41, 5.74) is 2.06. The lowest BCUT2D eigenvalue weighted by Gasteiger charge is -2.24. The molecule has 0 aliphatic heterocycles. The maximum absolute atomic E-state index is 12.6. The smallest absolute Gasteiger partial charge is 0.263 e. The van der Waals surface area contributed by atoms with Crippen molar-refractivity contribution in [3.63, 3.8) is 0 Å². The Morgan fingerprint density at radius 1 is 1.17 bits per heavy atom. The third-order valence-corrected chi connectivity index (χ3v) is 3.97. The van der Waals surface area contributed by atoms with Crippen molar-refractivity contribution in [3.05, 3.63) is 64.7 Å². The number of hydrogen-bond acceptors (Lipinski definition) is 2. The third kappa shape index (κ3) is 4.73. The summed E-state index contributed by atoms with van der Waals surface area (Å²) in [4.78, 5) is 14.3. The number of likely N-dealkylation sites (N-methyl/N-ethyl adjacent to an activating group) is 1. The van der Waals surface area contributed by atoms with E-state index < -0.39 is 6.10 Å². The van der Waals surface area contributed by atoms with E-state index in [-0.39, 0.29) is 5.91 Å². The van der Waals surface area contributed by atoms with Crippen molar-refractivity contribution in [3.8, 4) is 5.75 Å². The molecule has 23 heavy (non-hydrogen) atoms. The molecule has 0 saturated heterocycles. The normalized spacial score (nSPS) is 11.8. The molecule has 0 spiro atoms. The van der Waals surface area contributed by atoms with Gasteiger partial charge in [0.2, 0.25) is 0 Å². The molecule has 2 rings (SSSR count). The lowest BCUT2D eigenvalue weighted by atomic mass is 10.2. The van der Waals surface area contributed by atoms with E-state index in [1.54, 1.807) is 11.9 Å². The molecule has 0 heterocycles. The largest absolute Gasteiger partial charge is 0.480 e. The molecule has 0 radical (unpaired) electrons. The molecule has 0 bridgehead atoms. The number of ether oxygens (including phenoxy) is 1. The number of halogens is 1. The highest BCUT2D eigenvalue weighted by molar-refractivity contribution is 6.30. The minimum atomic E-state index is -0.478. The molecule has 122 valence electrons. The number of benzene rings is 2. The number of carbonyl (C=O) groups is 1. The van der Waals surface area contributed by atoms with E-state index in [4.69, 9.17) is 16.3 Å². The van der Waals surface area contributed by atoms with E-state index >= 15 is 0 Å². The Labute approximate surface area is 142 Å². The van der Waals surface area contributed by atoms with Crippen LogP contribution in [0.15, 0.2) is 48.5 Å². The van der Waals surface area contributed by atoms with Crippen LogP contribution >= 0.6 is 11.6 Å². The Kier molecular flexibility index (Phi) is 6.05. The number of nitrogens with zero attached hydrogens (tertiary/aromatic N) is 1. The molecule has 0 saturated carbocycles. The van der Waals surface area contributed by atoms with Gasteiger partial charge in [0.25, 0.3) is 5.91 Å². The first-order valence-electron chi connectivity index (χ1n) is 7.73. The zero-order valence-electron chi connectivity index (χ0n) is 13.8. The van der Waals surface area contributed by atoms with Crippen molar-refractivity contribution >= 4 is 17.5 Å². The number of amides is 1. The van der Waals surface area contributed by atoms with E-state index in [0.717, 1.165) is 16.9 Å². The summed E-state index contributed by atoms with van der Waals surface area (Å²) in [5, 5.41) is 0.692. The number of carbonyl (C=O) groups excluding carboxylic acids is 1. The second-order valence-corrected chi connectivity index (χ2v) is 6.04. The SMILES string of the molecule is CC[C@@H](Oc1ccccc1C)C(=O)N(C)Cc1ccc(Cl)cc1. The predicted molar refractivity (Wildman–Crippen MR) is 93.8 cm³/mol. The van der Waals surface area contributed by atoms with Gasteiger partial charge in [-0.15, -0.1) is 0 Å². The van der Waals surface area contributed by atoms with Gasteiger partial charge in [-0.25, -0.2) is 0 Å². The van der Waals surface area contributed by atoms with Crippen LogP contribution in [0.2, 0.25) is 5.02 Å². The van der Waals surface area contributed by atoms with Crippen molar-refractivity contribution in [1.82, 2.24) is 4.90 Å². The second-order valence-electron chi connectivity index (χ2n) is 5.60. The molecule has 0 aliphatic rings. The van der Waals surface area contributed by atoms with Gasteiger partial charge in [0.1, 0.15) is 5.75 Å². The van der Waals surface area contributed by atoms with Crippen LogP contribution < -0.4 is 4.74 Å². The predicted octanol–water partition coefficient (Wildman–Crippen LogP) is 4.46. The van der Waals surface area contributed by atoms with Crippen molar-refractivity contribution < 1.29 is 9.53 Å². The van der Waals surface area contributed by atoms with E-state index in [2.05, 4.69) is 0 Å². The molecule has 1 atom stereocenters. The van der Waals surface area contributed by atoms with E-state index in [9.17, 15) is 4.79 Å². The van der Waals surface area contributed by atoms with Crippen molar-refractivity contribution in [2.24, 2.45) is 0 Å². The van der Waals surface area contributed by atoms with Gasteiger partial charge in [-0.05, 0) is 42.7 Å². The molecule has 0 fully saturated rings. The molecule has 4 heteroatoms. The molecule has 2 aromatic rings. The highest BCUT2D eigenvalue weighted by Crippen LogP contribution is 2.20. The molecule has 3 nitrogen and oxygen atoms in total. The molecular formula is C19H22ClNO2. The first kappa shape index (κ1) is 17.4. The summed E-state index contributed by atoms with van der Waals surface area (Å²) in [6, 6.07) is 15.3. The van der Waals surface area contributed by atoms with Crippen LogP contribution in [0.5, 0.6) is 5.75 Å². The molecule has 0 unspecified atom stereocenters. The zero-order chi connectivity index (χ0) is 16.8. The van der Waals surface area contributed by atoms with E-state index in [1.807, 2.05) is 62.4 Å². The van der Waals surface area contributed by atoms with Gasteiger partial charge in [0, 0.05) is 18.6 Å². The van der Waals surface area contributed by atoms with Gasteiger partial charge in [-0.1, -0.05) is 48.9 Å². The number of para-hydroxylation sites is 1. The Hall–Kier alpha value is -2.00. The Bertz CT molecular complexity index is 655. The number of hydrogen-bond donors (Lipinski definition) is 0. The summed E-state index contributed by atoms with van der Waals surface area (Å²) < 4.78 is 5.92. The molecule has 0 aromatic heterocycles. The van der Waals surface area contributed by atoms with Crippen LogP contribution in [0.3, 0.4) is 0 Å². The molecule has 0 aliphatic carbocycles. The van der Waals surface area contributed by atoms with E-state index in [0.29, 0.717) is 18.0 Å². The summed E-state index contributed by atoms with van der Waals surface area (Å²) in [5.74, 6) is 0.735. The molecule has 1 amide bonds. The highest BCUT2D eigenvalue weighted by Gasteiger charge is 2.22. The lowest BCUT2D eigenvalue weighted by molar-refractivity contribution is -0.138. The van der Waals surface area contributed by atoms with Crippen molar-refractivity contribution in [2.45, 2.75) is 32.9 Å². The summed E-state index contributed by atoms with van der Waals surface area (Å²) >= 11 is 5.89. The van der Waals surface area contributed by atoms with Crippen LogP contribution in [0.4, 0.5) is 0 Å². The van der Waals surface area contributed by atoms with Gasteiger partial charge in [0.15, 0.2) is 6.10 Å². The summed E-state index contributed by atoms with van der Waals surface area (Å²) in [6.45, 7) is 4.46. The second kappa shape index (κ2) is 8.02. The lowest BCUT2D eigenvalue weighted by Crippen LogP contribution is -2.39. The maximum Gasteiger partial charge on any atom is 0.263 e. The summed E-state index contributed by atoms with van der Waals surface area (Å²) in [7, 11) is 1.79. The first-order valence-corrected chi connectivity index (χ1v) is 8.10. The van der Waals surface area contributed by atoms with Gasteiger partial charge in [-0.3, -0.25) is 4.79 Å². The van der Waals surface area contributed by atoms with Gasteiger partial charge < -0.3 is 9.64 Å². The van der Waals surface area contributed by atoms with Crippen LogP contribution in [0.1, 0.15) is 24.5 Å². The Balaban J connectivity index is 2.03. The van der Waals surface area contributed by atoms with Crippen LogP contribution in [0.25, 0.3) is 0 Å². The fraction of sp³-hybridized carbons (Fsp3) is 0.316. The maximum atomic E-state index is 12.6. The minimum Gasteiger partial charge on any atom is -0.480 e.